The van der Waals surface area contributed by atoms with Crippen molar-refractivity contribution in [3.8, 4) is 0 Å². The molecule has 2 aliphatic rings. The van der Waals surface area contributed by atoms with Gasteiger partial charge in [-0.15, -0.1) is 0 Å². The van der Waals surface area contributed by atoms with Gasteiger partial charge in [-0.1, -0.05) is 13.8 Å². The van der Waals surface area contributed by atoms with Gasteiger partial charge >= 0.3 is 0 Å². The smallest absolute Gasteiger partial charge is 0.0331 e. The van der Waals surface area contributed by atoms with Crippen LogP contribution in [0, 0.1) is 5.41 Å². The van der Waals surface area contributed by atoms with Crippen molar-refractivity contribution < 1.29 is 0 Å². The van der Waals surface area contributed by atoms with E-state index in [9.17, 15) is 0 Å². The summed E-state index contributed by atoms with van der Waals surface area (Å²) >= 11 is 0. The van der Waals surface area contributed by atoms with Gasteiger partial charge in [-0.25, -0.2) is 0 Å². The number of hydrogen-bond donors (Lipinski definition) is 0. The molecule has 1 heterocycles. The van der Waals surface area contributed by atoms with Crippen molar-refractivity contribution >= 4 is 0 Å². The highest BCUT2D eigenvalue weighted by molar-refractivity contribution is 5.21. The molecular formula is C15H23N. The summed E-state index contributed by atoms with van der Waals surface area (Å²) in [6.07, 6.45) is 13.1. The van der Waals surface area contributed by atoms with Crippen molar-refractivity contribution in [2.24, 2.45) is 5.41 Å². The van der Waals surface area contributed by atoms with Gasteiger partial charge in [0.1, 0.15) is 0 Å². The van der Waals surface area contributed by atoms with E-state index < -0.39 is 0 Å². The van der Waals surface area contributed by atoms with Gasteiger partial charge in [-0.3, -0.25) is 0 Å². The van der Waals surface area contributed by atoms with Crippen molar-refractivity contribution in [2.75, 3.05) is 0 Å². The third-order valence-electron chi connectivity index (χ3n) is 4.52. The van der Waals surface area contributed by atoms with Gasteiger partial charge in [0.2, 0.25) is 0 Å². The number of hydrogen-bond acceptors (Lipinski definition) is 0. The molecule has 0 atom stereocenters. The van der Waals surface area contributed by atoms with E-state index in [1.807, 2.05) is 0 Å². The molecule has 1 heteroatoms. The molecule has 2 fully saturated rings. The lowest BCUT2D eigenvalue weighted by molar-refractivity contribution is 0.194. The van der Waals surface area contributed by atoms with Crippen LogP contribution in [0.1, 0.15) is 69.9 Å². The van der Waals surface area contributed by atoms with Crippen LogP contribution < -0.4 is 0 Å². The molecule has 0 aliphatic heterocycles. The molecule has 0 spiro atoms. The van der Waals surface area contributed by atoms with Crippen LogP contribution in [-0.2, 0) is 0 Å². The van der Waals surface area contributed by atoms with E-state index in [4.69, 9.17) is 0 Å². The zero-order valence-electron chi connectivity index (χ0n) is 10.6. The first kappa shape index (κ1) is 10.4. The minimum absolute atomic E-state index is 0.586. The second-order valence-electron chi connectivity index (χ2n) is 6.56. The van der Waals surface area contributed by atoms with Crippen molar-refractivity contribution in [1.29, 1.82) is 0 Å². The minimum atomic E-state index is 0.586. The molecule has 2 aliphatic carbocycles. The van der Waals surface area contributed by atoms with Gasteiger partial charge in [-0.05, 0) is 61.5 Å². The van der Waals surface area contributed by atoms with Crippen LogP contribution in [0.3, 0.4) is 0 Å². The van der Waals surface area contributed by atoms with Crippen molar-refractivity contribution in [3.63, 3.8) is 0 Å². The summed E-state index contributed by atoms with van der Waals surface area (Å²) in [5.74, 6) is 0.904. The summed E-state index contributed by atoms with van der Waals surface area (Å²) in [6, 6.07) is 3.12. The van der Waals surface area contributed by atoms with Crippen LogP contribution in [0.4, 0.5) is 0 Å². The Labute approximate surface area is 98.9 Å². The molecule has 1 aromatic heterocycles. The zero-order valence-corrected chi connectivity index (χ0v) is 10.6. The third-order valence-corrected chi connectivity index (χ3v) is 4.52. The van der Waals surface area contributed by atoms with Gasteiger partial charge < -0.3 is 4.57 Å². The molecule has 0 radical (unpaired) electrons. The highest BCUT2D eigenvalue weighted by Crippen LogP contribution is 2.43. The fraction of sp³-hybridized carbons (Fsp3) is 0.733. The van der Waals surface area contributed by atoms with Crippen LogP contribution in [0.15, 0.2) is 18.5 Å². The average molecular weight is 217 g/mol. The Kier molecular flexibility index (Phi) is 2.38. The first-order valence-electron chi connectivity index (χ1n) is 6.81. The normalized spacial score (nSPS) is 25.9. The van der Waals surface area contributed by atoms with Crippen LogP contribution in [-0.4, -0.2) is 4.57 Å². The van der Waals surface area contributed by atoms with Crippen LogP contribution in [0.2, 0.25) is 0 Å². The predicted octanol–water partition coefficient (Wildman–Crippen LogP) is 4.51. The second-order valence-corrected chi connectivity index (χ2v) is 6.56. The maximum absolute atomic E-state index is 2.49. The van der Waals surface area contributed by atoms with E-state index in [1.54, 1.807) is 5.56 Å². The van der Waals surface area contributed by atoms with Crippen LogP contribution in [0.5, 0.6) is 0 Å². The van der Waals surface area contributed by atoms with E-state index in [-0.39, 0.29) is 0 Å². The Morgan fingerprint density at radius 3 is 2.44 bits per heavy atom. The summed E-state index contributed by atoms with van der Waals surface area (Å²) in [5.41, 5.74) is 2.17. The van der Waals surface area contributed by atoms with Gasteiger partial charge in [0, 0.05) is 18.4 Å². The Morgan fingerprint density at radius 2 is 1.81 bits per heavy atom. The molecule has 1 nitrogen and oxygen atoms in total. The largest absolute Gasteiger partial charge is 0.351 e. The van der Waals surface area contributed by atoms with Gasteiger partial charge in [0.15, 0.2) is 0 Å². The topological polar surface area (TPSA) is 4.93 Å². The van der Waals surface area contributed by atoms with Gasteiger partial charge in [0.25, 0.3) is 0 Å². The van der Waals surface area contributed by atoms with Crippen molar-refractivity contribution in [2.45, 2.75) is 64.3 Å². The first-order valence-corrected chi connectivity index (χ1v) is 6.81. The third kappa shape index (κ3) is 2.05. The fourth-order valence-corrected chi connectivity index (χ4v) is 3.00. The van der Waals surface area contributed by atoms with E-state index in [1.165, 1.54) is 38.5 Å². The molecule has 0 unspecified atom stereocenters. The zero-order chi connectivity index (χ0) is 11.2. The quantitative estimate of drug-likeness (QED) is 0.687. The Bertz CT molecular complexity index is 361. The Morgan fingerprint density at radius 1 is 1.12 bits per heavy atom. The summed E-state index contributed by atoms with van der Waals surface area (Å²) in [5, 5.41) is 0. The maximum Gasteiger partial charge on any atom is 0.0331 e. The van der Waals surface area contributed by atoms with Crippen LogP contribution >= 0.6 is 0 Å². The molecular weight excluding hydrogens is 194 g/mol. The molecule has 2 saturated carbocycles. The lowest BCUT2D eigenvalue weighted by Gasteiger charge is -2.35. The van der Waals surface area contributed by atoms with Crippen LogP contribution in [0.25, 0.3) is 0 Å². The molecule has 88 valence electrons. The van der Waals surface area contributed by atoms with E-state index in [0.29, 0.717) is 5.41 Å². The molecule has 0 aromatic carbocycles. The summed E-state index contributed by atoms with van der Waals surface area (Å²) in [6.45, 7) is 4.82. The first-order chi connectivity index (χ1) is 7.64. The highest BCUT2D eigenvalue weighted by atomic mass is 15.0. The summed E-state index contributed by atoms with van der Waals surface area (Å²) < 4.78 is 2.49. The molecule has 1 aromatic rings. The van der Waals surface area contributed by atoms with Crippen molar-refractivity contribution in [3.05, 3.63) is 24.0 Å². The van der Waals surface area contributed by atoms with E-state index in [0.717, 1.165) is 12.0 Å². The molecule has 0 saturated heterocycles. The molecule has 0 amide bonds. The molecule has 0 bridgehead atoms. The maximum atomic E-state index is 2.49. The fourth-order valence-electron chi connectivity index (χ4n) is 3.00. The Balaban J connectivity index is 1.68. The minimum Gasteiger partial charge on any atom is -0.351 e. The molecule has 16 heavy (non-hydrogen) atoms. The number of rotatable bonds is 2. The van der Waals surface area contributed by atoms with Gasteiger partial charge in [0.05, 0.1) is 0 Å². The monoisotopic (exact) mass is 217 g/mol. The lowest BCUT2D eigenvalue weighted by Crippen LogP contribution is -2.22. The van der Waals surface area contributed by atoms with E-state index in [2.05, 4.69) is 36.9 Å². The second kappa shape index (κ2) is 3.65. The standard InChI is InChI=1S/C15H23N/c1-15(2)8-5-14(6-9-15)16-10-7-13(11-16)12-3-4-12/h7,10-12,14H,3-6,8-9H2,1-2H3. The number of nitrogens with zero attached hydrogens (tertiary/aromatic N) is 1. The lowest BCUT2D eigenvalue weighted by atomic mass is 9.75. The van der Waals surface area contributed by atoms with Crippen molar-refractivity contribution in [1.82, 2.24) is 4.57 Å². The summed E-state index contributed by atoms with van der Waals surface area (Å²) in [7, 11) is 0. The predicted molar refractivity (Wildman–Crippen MR) is 67.7 cm³/mol. The SMILES string of the molecule is CC1(C)CCC(n2ccc(C3CC3)c2)CC1. The van der Waals surface area contributed by atoms with E-state index >= 15 is 0 Å². The molecule has 3 rings (SSSR count). The summed E-state index contributed by atoms with van der Waals surface area (Å²) in [4.78, 5) is 0. The number of aromatic nitrogens is 1. The van der Waals surface area contributed by atoms with Gasteiger partial charge in [-0.2, -0.15) is 0 Å². The average Bonchev–Trinajstić information content (AvgIpc) is 2.98. The molecule has 0 N–H and O–H groups in total. The highest BCUT2D eigenvalue weighted by Gasteiger charge is 2.29. The Hall–Kier alpha value is -0.720.